The molecule has 0 fully saturated rings. The number of anilines is 1. The van der Waals surface area contributed by atoms with Crippen LogP contribution in [0.1, 0.15) is 31.9 Å². The molecule has 0 aliphatic heterocycles. The van der Waals surface area contributed by atoms with Crippen molar-refractivity contribution in [2.24, 2.45) is 0 Å². The van der Waals surface area contributed by atoms with E-state index in [9.17, 15) is 13.2 Å². The molecule has 0 aromatic heterocycles. The molecular weight excluding hydrogens is 398 g/mol. The van der Waals surface area contributed by atoms with Crippen molar-refractivity contribution < 1.29 is 17.9 Å². The molecule has 6 heteroatoms. The molecule has 0 saturated carbocycles. The van der Waals surface area contributed by atoms with Gasteiger partial charge >= 0.3 is 5.97 Å². The molecule has 30 heavy (non-hydrogen) atoms. The second-order valence-corrected chi connectivity index (χ2v) is 10.1. The van der Waals surface area contributed by atoms with Crippen LogP contribution in [0.3, 0.4) is 0 Å². The minimum Gasteiger partial charge on any atom is -0.459 e. The summed E-state index contributed by atoms with van der Waals surface area (Å²) >= 11 is 0. The molecule has 158 valence electrons. The highest BCUT2D eigenvalue weighted by atomic mass is 32.2. The summed E-state index contributed by atoms with van der Waals surface area (Å²) in [5.74, 6) is -0.604. The zero-order chi connectivity index (χ0) is 22.1. The summed E-state index contributed by atoms with van der Waals surface area (Å²) < 4.78 is 34.3. The lowest BCUT2D eigenvalue weighted by Gasteiger charge is -2.28. The Morgan fingerprint density at radius 1 is 0.933 bits per heavy atom. The summed E-state index contributed by atoms with van der Waals surface area (Å²) in [6.07, 6.45) is 0. The van der Waals surface area contributed by atoms with Gasteiger partial charge in [0, 0.05) is 5.39 Å². The standard InChI is InChI=1S/C24H27NO4S/c1-17-10-8-14-21(18(17)2)25(16-23(26)29-24(3,4)5)30(27,28)22-15-9-12-19-11-6-7-13-20(19)22/h6-15H,16H2,1-5H3. The Morgan fingerprint density at radius 2 is 1.57 bits per heavy atom. The minimum absolute atomic E-state index is 0.157. The molecule has 0 spiro atoms. The van der Waals surface area contributed by atoms with Crippen molar-refractivity contribution in [2.75, 3.05) is 10.8 Å². The van der Waals surface area contributed by atoms with Gasteiger partial charge in [0.1, 0.15) is 12.1 Å². The fourth-order valence-electron chi connectivity index (χ4n) is 3.34. The van der Waals surface area contributed by atoms with Crippen molar-refractivity contribution >= 4 is 32.5 Å². The first-order valence-electron chi connectivity index (χ1n) is 9.79. The van der Waals surface area contributed by atoms with Gasteiger partial charge in [0.2, 0.25) is 0 Å². The topological polar surface area (TPSA) is 63.7 Å². The molecule has 0 bridgehead atoms. The number of ether oxygens (including phenoxy) is 1. The predicted octanol–water partition coefficient (Wildman–Crippen LogP) is 4.99. The largest absolute Gasteiger partial charge is 0.459 e. The number of esters is 1. The fourth-order valence-corrected chi connectivity index (χ4v) is 5.02. The first-order valence-corrected chi connectivity index (χ1v) is 11.2. The lowest BCUT2D eigenvalue weighted by molar-refractivity contribution is -0.152. The Kier molecular flexibility index (Phi) is 5.90. The van der Waals surface area contributed by atoms with Crippen LogP contribution in [-0.2, 0) is 19.6 Å². The molecule has 0 aliphatic rings. The van der Waals surface area contributed by atoms with Crippen molar-refractivity contribution in [3.63, 3.8) is 0 Å². The average molecular weight is 426 g/mol. The lowest BCUT2D eigenvalue weighted by atomic mass is 10.1. The van der Waals surface area contributed by atoms with E-state index in [1.807, 2.05) is 38.1 Å². The number of carbonyl (C=O) groups is 1. The first kappa shape index (κ1) is 21.8. The summed E-state index contributed by atoms with van der Waals surface area (Å²) in [5.41, 5.74) is 1.49. The zero-order valence-corrected chi connectivity index (χ0v) is 18.8. The Hall–Kier alpha value is -2.86. The molecule has 5 nitrogen and oxygen atoms in total. The van der Waals surface area contributed by atoms with Crippen molar-refractivity contribution in [1.82, 2.24) is 0 Å². The number of rotatable bonds is 5. The van der Waals surface area contributed by atoms with E-state index in [-0.39, 0.29) is 4.90 Å². The van der Waals surface area contributed by atoms with E-state index in [1.54, 1.807) is 57.2 Å². The van der Waals surface area contributed by atoms with Crippen molar-refractivity contribution in [2.45, 2.75) is 45.1 Å². The highest BCUT2D eigenvalue weighted by Crippen LogP contribution is 2.32. The maximum atomic E-state index is 13.8. The lowest BCUT2D eigenvalue weighted by Crippen LogP contribution is -2.39. The second-order valence-electron chi connectivity index (χ2n) is 8.29. The number of aryl methyl sites for hydroxylation is 1. The van der Waals surface area contributed by atoms with Crippen LogP contribution >= 0.6 is 0 Å². The third kappa shape index (κ3) is 4.49. The van der Waals surface area contributed by atoms with Gasteiger partial charge < -0.3 is 4.74 Å². The van der Waals surface area contributed by atoms with Gasteiger partial charge in [-0.2, -0.15) is 0 Å². The summed E-state index contributed by atoms with van der Waals surface area (Å²) in [6.45, 7) is 8.62. The number of fused-ring (bicyclic) bond motifs is 1. The van der Waals surface area contributed by atoms with E-state index in [4.69, 9.17) is 4.74 Å². The first-order chi connectivity index (χ1) is 14.0. The molecule has 0 amide bonds. The zero-order valence-electron chi connectivity index (χ0n) is 18.0. The molecule has 0 atom stereocenters. The molecule has 0 unspecified atom stereocenters. The van der Waals surface area contributed by atoms with E-state index >= 15 is 0 Å². The Labute approximate surface area is 178 Å². The Morgan fingerprint density at radius 3 is 2.27 bits per heavy atom. The third-order valence-electron chi connectivity index (χ3n) is 4.86. The quantitative estimate of drug-likeness (QED) is 0.540. The van der Waals surface area contributed by atoms with Crippen molar-refractivity contribution in [1.29, 1.82) is 0 Å². The van der Waals surface area contributed by atoms with Gasteiger partial charge in [-0.05, 0) is 63.3 Å². The van der Waals surface area contributed by atoms with Gasteiger partial charge in [-0.25, -0.2) is 8.42 Å². The molecule has 0 aliphatic carbocycles. The molecule has 3 aromatic rings. The summed E-state index contributed by atoms with van der Waals surface area (Å²) in [7, 11) is -4.04. The van der Waals surface area contributed by atoms with E-state index in [0.29, 0.717) is 11.1 Å². The number of carbonyl (C=O) groups excluding carboxylic acids is 1. The van der Waals surface area contributed by atoms with Crippen molar-refractivity contribution in [3.8, 4) is 0 Å². The molecule has 0 radical (unpaired) electrons. The number of hydrogen-bond donors (Lipinski definition) is 0. The molecule has 0 saturated heterocycles. The van der Waals surface area contributed by atoms with Crippen LogP contribution in [0, 0.1) is 13.8 Å². The van der Waals surface area contributed by atoms with Crippen LogP contribution in [0.25, 0.3) is 10.8 Å². The minimum atomic E-state index is -4.04. The SMILES string of the molecule is Cc1cccc(N(CC(=O)OC(C)(C)C)S(=O)(=O)c2cccc3ccccc23)c1C. The maximum Gasteiger partial charge on any atom is 0.327 e. The smallest absolute Gasteiger partial charge is 0.327 e. The highest BCUT2D eigenvalue weighted by molar-refractivity contribution is 7.93. The maximum absolute atomic E-state index is 13.8. The van der Waals surface area contributed by atoms with E-state index < -0.39 is 28.1 Å². The summed E-state index contributed by atoms with van der Waals surface area (Å²) in [5, 5.41) is 1.43. The molecular formula is C24H27NO4S. The third-order valence-corrected chi connectivity index (χ3v) is 6.67. The molecule has 3 rings (SSSR count). The second kappa shape index (κ2) is 8.11. The van der Waals surface area contributed by atoms with Gasteiger partial charge in [0.25, 0.3) is 10.0 Å². The number of nitrogens with zero attached hydrogens (tertiary/aromatic N) is 1. The Bertz CT molecular complexity index is 1190. The van der Waals surface area contributed by atoms with Crippen LogP contribution in [0.4, 0.5) is 5.69 Å². The summed E-state index contributed by atoms with van der Waals surface area (Å²) in [4.78, 5) is 12.8. The van der Waals surface area contributed by atoms with Crippen LogP contribution in [0.2, 0.25) is 0 Å². The normalized spacial score (nSPS) is 12.0. The van der Waals surface area contributed by atoms with Crippen LogP contribution < -0.4 is 4.31 Å². The number of sulfonamides is 1. The Balaban J connectivity index is 2.18. The average Bonchev–Trinajstić information content (AvgIpc) is 2.66. The van der Waals surface area contributed by atoms with Crippen LogP contribution in [-0.4, -0.2) is 26.5 Å². The highest BCUT2D eigenvalue weighted by Gasteiger charge is 2.31. The number of benzene rings is 3. The van der Waals surface area contributed by atoms with Crippen LogP contribution in [0.15, 0.2) is 65.6 Å². The molecule has 3 aromatic carbocycles. The number of hydrogen-bond acceptors (Lipinski definition) is 4. The molecule has 0 heterocycles. The van der Waals surface area contributed by atoms with E-state index in [0.717, 1.165) is 20.8 Å². The van der Waals surface area contributed by atoms with Gasteiger partial charge in [-0.15, -0.1) is 0 Å². The summed E-state index contributed by atoms with van der Waals surface area (Å²) in [6, 6.07) is 17.9. The van der Waals surface area contributed by atoms with Gasteiger partial charge in [0.05, 0.1) is 10.6 Å². The van der Waals surface area contributed by atoms with Gasteiger partial charge in [0.15, 0.2) is 0 Å². The predicted molar refractivity (Wildman–Crippen MR) is 120 cm³/mol. The molecule has 0 N–H and O–H groups in total. The van der Waals surface area contributed by atoms with Gasteiger partial charge in [-0.1, -0.05) is 48.5 Å². The monoisotopic (exact) mass is 425 g/mol. The van der Waals surface area contributed by atoms with E-state index in [2.05, 4.69) is 0 Å². The van der Waals surface area contributed by atoms with Crippen molar-refractivity contribution in [3.05, 3.63) is 71.8 Å². The van der Waals surface area contributed by atoms with E-state index in [1.165, 1.54) is 0 Å². The van der Waals surface area contributed by atoms with Gasteiger partial charge in [-0.3, -0.25) is 9.10 Å². The fraction of sp³-hybridized carbons (Fsp3) is 0.292. The van der Waals surface area contributed by atoms with Crippen LogP contribution in [0.5, 0.6) is 0 Å².